The molecule has 14 heteroatoms. The number of nitrogens with one attached hydrogen (secondary N) is 2. The fourth-order valence-corrected chi connectivity index (χ4v) is 5.76. The molecule has 246 valence electrons. The summed E-state index contributed by atoms with van der Waals surface area (Å²) < 4.78 is 7.09. The molecule has 0 radical (unpaired) electrons. The quantitative estimate of drug-likeness (QED) is 0.172. The monoisotopic (exact) mass is 647 g/mol. The van der Waals surface area contributed by atoms with Crippen molar-refractivity contribution < 1.29 is 14.4 Å². The Labute approximate surface area is 276 Å². The third-order valence-corrected chi connectivity index (χ3v) is 8.08. The average molecular weight is 648 g/mol. The van der Waals surface area contributed by atoms with Crippen molar-refractivity contribution in [3.05, 3.63) is 94.6 Å². The van der Waals surface area contributed by atoms with E-state index in [1.54, 1.807) is 39.7 Å². The van der Waals surface area contributed by atoms with E-state index >= 15 is 0 Å². The van der Waals surface area contributed by atoms with Gasteiger partial charge in [-0.25, -0.2) is 9.97 Å². The first-order chi connectivity index (χ1) is 23.1. The van der Waals surface area contributed by atoms with Gasteiger partial charge in [0, 0.05) is 31.7 Å². The fourth-order valence-electron chi connectivity index (χ4n) is 5.76. The molecule has 6 rings (SSSR count). The van der Waals surface area contributed by atoms with Crippen molar-refractivity contribution in [2.45, 2.75) is 60.8 Å². The number of nitrogens with zero attached hydrogens (tertiary/aromatic N) is 8. The van der Waals surface area contributed by atoms with E-state index in [9.17, 15) is 14.4 Å². The number of para-hydroxylation sites is 1. The highest BCUT2D eigenvalue weighted by atomic mass is 16.2. The minimum atomic E-state index is -0.570. The van der Waals surface area contributed by atoms with Crippen molar-refractivity contribution >= 4 is 51.7 Å². The Morgan fingerprint density at radius 2 is 1.31 bits per heavy atom. The Kier molecular flexibility index (Phi) is 8.63. The van der Waals surface area contributed by atoms with Crippen molar-refractivity contribution in [1.82, 2.24) is 38.7 Å². The van der Waals surface area contributed by atoms with Crippen molar-refractivity contribution in [2.24, 2.45) is 5.73 Å². The van der Waals surface area contributed by atoms with E-state index in [4.69, 9.17) is 10.7 Å². The number of hydrogen-bond acceptors (Lipinski definition) is 7. The first-order valence-corrected chi connectivity index (χ1v) is 15.7. The highest BCUT2D eigenvalue weighted by Gasteiger charge is 2.20. The summed E-state index contributed by atoms with van der Waals surface area (Å²) >= 11 is 0. The second-order valence-electron chi connectivity index (χ2n) is 11.5. The molecule has 2 aromatic carbocycles. The van der Waals surface area contributed by atoms with Gasteiger partial charge < -0.3 is 14.9 Å². The molecule has 0 saturated heterocycles. The highest BCUT2D eigenvalue weighted by Crippen LogP contribution is 2.25. The van der Waals surface area contributed by atoms with Crippen LogP contribution in [0.25, 0.3) is 22.1 Å². The van der Waals surface area contributed by atoms with Gasteiger partial charge in [0.1, 0.15) is 11.4 Å². The van der Waals surface area contributed by atoms with E-state index in [2.05, 4.69) is 25.8 Å². The zero-order valence-electron chi connectivity index (χ0n) is 27.5. The molecule has 3 amide bonds. The summed E-state index contributed by atoms with van der Waals surface area (Å²) in [5.74, 6) is -0.496. The van der Waals surface area contributed by atoms with Gasteiger partial charge in [-0.05, 0) is 76.6 Å². The van der Waals surface area contributed by atoms with Crippen LogP contribution in [-0.4, -0.2) is 56.4 Å². The van der Waals surface area contributed by atoms with Crippen LogP contribution in [0.1, 0.15) is 62.1 Å². The van der Waals surface area contributed by atoms with Crippen LogP contribution in [-0.2, 0) is 26.2 Å². The Bertz CT molecular complexity index is 2230. The number of hydrogen-bond donors (Lipinski definition) is 3. The van der Waals surface area contributed by atoms with Gasteiger partial charge in [0.15, 0.2) is 0 Å². The number of aromatic nitrogens is 8. The van der Waals surface area contributed by atoms with Crippen molar-refractivity contribution in [2.75, 3.05) is 10.6 Å². The van der Waals surface area contributed by atoms with Crippen LogP contribution in [0, 0.1) is 20.8 Å². The van der Waals surface area contributed by atoms with E-state index < -0.39 is 5.91 Å². The Balaban J connectivity index is 1.30. The lowest BCUT2D eigenvalue weighted by molar-refractivity contribution is 0.0995. The van der Waals surface area contributed by atoms with E-state index in [0.717, 1.165) is 28.0 Å². The molecule has 4 heterocycles. The lowest BCUT2D eigenvalue weighted by atomic mass is 10.2. The fraction of sp³-hybridized carbons (Fsp3) is 0.265. The number of allylic oxidation sites excluding steroid dienone is 2. The summed E-state index contributed by atoms with van der Waals surface area (Å²) in [6, 6.07) is 14.4. The number of anilines is 2. The SMILES string of the molecule is CCn1nc(C)cc1C(=O)Nc1nc2cc(C(N)=O)ccc2n1CC=CCn1c(NC(=O)c2cc(C)nn2CC)nc2c(C)cccc21. The molecule has 0 aliphatic heterocycles. The topological polar surface area (TPSA) is 173 Å². The van der Waals surface area contributed by atoms with Crippen LogP contribution in [0.3, 0.4) is 0 Å². The Morgan fingerprint density at radius 1 is 0.750 bits per heavy atom. The first-order valence-electron chi connectivity index (χ1n) is 15.7. The van der Waals surface area contributed by atoms with E-state index in [-0.39, 0.29) is 11.8 Å². The summed E-state index contributed by atoms with van der Waals surface area (Å²) in [7, 11) is 0. The molecule has 0 fully saturated rings. The molecular formula is C34H37N11O3. The Morgan fingerprint density at radius 3 is 1.88 bits per heavy atom. The number of carbonyl (C=O) groups excluding carboxylic acids is 3. The molecule has 0 aliphatic rings. The third kappa shape index (κ3) is 6.07. The predicted molar refractivity (Wildman–Crippen MR) is 183 cm³/mol. The van der Waals surface area contributed by atoms with Gasteiger partial charge in [-0.1, -0.05) is 24.3 Å². The third-order valence-electron chi connectivity index (χ3n) is 8.08. The summed E-state index contributed by atoms with van der Waals surface area (Å²) in [5.41, 5.74) is 12.1. The second kappa shape index (κ2) is 13.0. The van der Waals surface area contributed by atoms with Crippen molar-refractivity contribution in [3.8, 4) is 0 Å². The lowest BCUT2D eigenvalue weighted by Crippen LogP contribution is -2.20. The summed E-state index contributed by atoms with van der Waals surface area (Å²) in [4.78, 5) is 48.0. The molecule has 0 aliphatic carbocycles. The maximum atomic E-state index is 13.4. The average Bonchev–Trinajstić information content (AvgIpc) is 3.82. The molecule has 0 saturated carbocycles. The van der Waals surface area contributed by atoms with Gasteiger partial charge in [0.05, 0.1) is 33.5 Å². The number of nitrogens with two attached hydrogens (primary N) is 1. The molecule has 0 atom stereocenters. The molecule has 0 spiro atoms. The molecule has 48 heavy (non-hydrogen) atoms. The van der Waals surface area contributed by atoms with Gasteiger partial charge in [-0.2, -0.15) is 10.2 Å². The van der Waals surface area contributed by atoms with Crippen LogP contribution in [0.2, 0.25) is 0 Å². The predicted octanol–water partition coefficient (Wildman–Crippen LogP) is 4.60. The molecular weight excluding hydrogens is 610 g/mol. The normalized spacial score (nSPS) is 11.6. The lowest BCUT2D eigenvalue weighted by Gasteiger charge is -2.10. The standard InChI is InChI=1S/C34H37N11O3/c1-6-44-27(17-21(4)40-44)31(47)38-33-36-24-19-23(30(35)46)13-14-25(24)42(33)15-8-9-16-43-26-12-10-11-20(3)29(26)37-34(43)39-32(48)28-18-22(5)41-45(28)7-2/h8-14,17-19H,6-7,15-16H2,1-5H3,(H2,35,46)(H,36,38,47)(H,37,39,48). The molecule has 0 bridgehead atoms. The number of fused-ring (bicyclic) bond motifs is 2. The molecule has 4 aromatic heterocycles. The van der Waals surface area contributed by atoms with Crippen LogP contribution in [0.5, 0.6) is 0 Å². The molecule has 6 aromatic rings. The highest BCUT2D eigenvalue weighted by molar-refractivity contribution is 6.04. The van der Waals surface area contributed by atoms with Crippen LogP contribution < -0.4 is 16.4 Å². The number of primary amides is 1. The van der Waals surface area contributed by atoms with Crippen LogP contribution in [0.15, 0.2) is 60.7 Å². The number of aryl methyl sites for hydroxylation is 5. The number of imidazole rings is 2. The number of amides is 3. The summed E-state index contributed by atoms with van der Waals surface area (Å²) in [6.45, 7) is 11.3. The van der Waals surface area contributed by atoms with Gasteiger partial charge >= 0.3 is 0 Å². The molecule has 0 unspecified atom stereocenters. The van der Waals surface area contributed by atoms with E-state index in [1.807, 2.05) is 74.1 Å². The minimum absolute atomic E-state index is 0.296. The zero-order valence-corrected chi connectivity index (χ0v) is 27.5. The van der Waals surface area contributed by atoms with Gasteiger partial charge in [0.25, 0.3) is 11.8 Å². The summed E-state index contributed by atoms with van der Waals surface area (Å²) in [6.07, 6.45) is 3.91. The Hall–Kier alpha value is -6.05. The maximum absolute atomic E-state index is 13.4. The zero-order chi connectivity index (χ0) is 34.1. The van der Waals surface area contributed by atoms with E-state index in [0.29, 0.717) is 66.1 Å². The van der Waals surface area contributed by atoms with Gasteiger partial charge in [-0.3, -0.25) is 34.4 Å². The van der Waals surface area contributed by atoms with Gasteiger partial charge in [0.2, 0.25) is 17.8 Å². The van der Waals surface area contributed by atoms with Crippen molar-refractivity contribution in [3.63, 3.8) is 0 Å². The van der Waals surface area contributed by atoms with Crippen LogP contribution in [0.4, 0.5) is 11.9 Å². The summed E-state index contributed by atoms with van der Waals surface area (Å²) in [5, 5.41) is 14.7. The number of carbonyl (C=O) groups is 3. The molecule has 4 N–H and O–H groups in total. The number of rotatable bonds is 11. The minimum Gasteiger partial charge on any atom is -0.366 e. The van der Waals surface area contributed by atoms with Crippen LogP contribution >= 0.6 is 0 Å². The maximum Gasteiger partial charge on any atom is 0.276 e. The largest absolute Gasteiger partial charge is 0.366 e. The second-order valence-corrected chi connectivity index (χ2v) is 11.5. The molecule has 14 nitrogen and oxygen atoms in total. The first kappa shape index (κ1) is 31.9. The number of benzene rings is 2. The smallest absolute Gasteiger partial charge is 0.276 e. The van der Waals surface area contributed by atoms with Gasteiger partial charge in [-0.15, -0.1) is 0 Å². The van der Waals surface area contributed by atoms with E-state index in [1.165, 1.54) is 0 Å². The van der Waals surface area contributed by atoms with Crippen molar-refractivity contribution in [1.29, 1.82) is 0 Å².